The van der Waals surface area contributed by atoms with E-state index in [1.54, 1.807) is 12.1 Å². The first-order valence-corrected chi connectivity index (χ1v) is 3.13. The van der Waals surface area contributed by atoms with Gasteiger partial charge in [0.25, 0.3) is 0 Å². The largest absolute Gasteiger partial charge is 0.248 e. The molecule has 0 atom stereocenters. The Bertz CT molecular complexity index is 424. The number of aromatic nitrogens is 1. The number of rotatable bonds is 0. The molecule has 0 saturated carbocycles. The van der Waals surface area contributed by atoms with E-state index in [1.807, 2.05) is 6.07 Å². The minimum atomic E-state index is 0.440. The standard InChI is InChI=1S/C9H3N3/c10-4-1-2-9-6-8(7-11)3-5-12-9/h3,5-6H. The smallest absolute Gasteiger partial charge is 0.152 e. The average Bonchev–Trinajstić information content (AvgIpc) is 2.15. The van der Waals surface area contributed by atoms with E-state index >= 15 is 0 Å². The summed E-state index contributed by atoms with van der Waals surface area (Å²) < 4.78 is 0. The molecule has 1 aromatic heterocycles. The van der Waals surface area contributed by atoms with Gasteiger partial charge < -0.3 is 0 Å². The Morgan fingerprint density at radius 1 is 1.33 bits per heavy atom. The van der Waals surface area contributed by atoms with Gasteiger partial charge in [-0.1, -0.05) is 0 Å². The zero-order chi connectivity index (χ0) is 8.81. The summed E-state index contributed by atoms with van der Waals surface area (Å²) in [4.78, 5) is 3.85. The normalized spacial score (nSPS) is 7.17. The fourth-order valence-electron chi connectivity index (χ4n) is 0.660. The second kappa shape index (κ2) is 3.76. The van der Waals surface area contributed by atoms with E-state index in [2.05, 4.69) is 16.8 Å². The van der Waals surface area contributed by atoms with Crippen LogP contribution in [0.4, 0.5) is 0 Å². The second-order valence-electron chi connectivity index (χ2n) is 1.90. The van der Waals surface area contributed by atoms with Crippen LogP contribution in [-0.2, 0) is 0 Å². The first-order chi connectivity index (χ1) is 5.86. The van der Waals surface area contributed by atoms with E-state index in [-0.39, 0.29) is 0 Å². The molecule has 1 rings (SSSR count). The molecule has 0 aliphatic heterocycles. The van der Waals surface area contributed by atoms with Gasteiger partial charge in [-0.2, -0.15) is 10.5 Å². The predicted molar refractivity (Wildman–Crippen MR) is 41.4 cm³/mol. The SMILES string of the molecule is N#CC#Cc1cc(C#N)ccn1. The van der Waals surface area contributed by atoms with Crippen LogP contribution < -0.4 is 0 Å². The molecule has 3 heteroatoms. The maximum atomic E-state index is 8.50. The van der Waals surface area contributed by atoms with Crippen molar-refractivity contribution in [2.45, 2.75) is 0 Å². The molecule has 0 aliphatic carbocycles. The van der Waals surface area contributed by atoms with Gasteiger partial charge in [-0.3, -0.25) is 0 Å². The van der Waals surface area contributed by atoms with Gasteiger partial charge in [0.15, 0.2) is 6.07 Å². The summed E-state index contributed by atoms with van der Waals surface area (Å²) >= 11 is 0. The van der Waals surface area contributed by atoms with E-state index in [4.69, 9.17) is 10.5 Å². The van der Waals surface area contributed by atoms with E-state index in [0.717, 1.165) is 0 Å². The Labute approximate surface area is 69.9 Å². The summed E-state index contributed by atoms with van der Waals surface area (Å²) in [7, 11) is 0. The zero-order valence-electron chi connectivity index (χ0n) is 6.07. The van der Waals surface area contributed by atoms with Gasteiger partial charge in [-0.25, -0.2) is 4.98 Å². The molecule has 0 aliphatic rings. The van der Waals surface area contributed by atoms with Crippen LogP contribution in [0.3, 0.4) is 0 Å². The van der Waals surface area contributed by atoms with Crippen LogP contribution in [0, 0.1) is 34.5 Å². The molecule has 0 amide bonds. The quantitative estimate of drug-likeness (QED) is 0.518. The molecule has 12 heavy (non-hydrogen) atoms. The summed E-state index contributed by atoms with van der Waals surface area (Å²) in [6.45, 7) is 0. The van der Waals surface area contributed by atoms with Crippen molar-refractivity contribution in [3.05, 3.63) is 29.6 Å². The van der Waals surface area contributed by atoms with E-state index in [0.29, 0.717) is 11.3 Å². The highest BCUT2D eigenvalue weighted by molar-refractivity contribution is 5.38. The van der Waals surface area contributed by atoms with Crippen LogP contribution in [0.25, 0.3) is 0 Å². The lowest BCUT2D eigenvalue weighted by Crippen LogP contribution is -1.82. The third kappa shape index (κ3) is 1.84. The topological polar surface area (TPSA) is 60.5 Å². The van der Waals surface area contributed by atoms with Crippen LogP contribution in [0.1, 0.15) is 11.3 Å². The van der Waals surface area contributed by atoms with Gasteiger partial charge in [0, 0.05) is 12.1 Å². The molecule has 0 saturated heterocycles. The number of nitrogens with zero attached hydrogens (tertiary/aromatic N) is 3. The highest BCUT2D eigenvalue weighted by Crippen LogP contribution is 1.97. The molecule has 1 aromatic rings. The maximum absolute atomic E-state index is 8.50. The Hall–Kier alpha value is -2.31. The molecule has 0 aromatic carbocycles. The summed E-state index contributed by atoms with van der Waals surface area (Å²) in [6, 6.07) is 6.74. The van der Waals surface area contributed by atoms with Crippen molar-refractivity contribution < 1.29 is 0 Å². The Morgan fingerprint density at radius 3 is 2.83 bits per heavy atom. The summed E-state index contributed by atoms with van der Waals surface area (Å²) in [6.07, 6.45) is 1.49. The van der Waals surface area contributed by atoms with Crippen molar-refractivity contribution in [2.75, 3.05) is 0 Å². The number of nitriles is 2. The highest BCUT2D eigenvalue weighted by Gasteiger charge is 1.90. The fourth-order valence-corrected chi connectivity index (χ4v) is 0.660. The van der Waals surface area contributed by atoms with Crippen molar-refractivity contribution >= 4 is 0 Å². The molecule has 0 radical (unpaired) electrons. The van der Waals surface area contributed by atoms with Gasteiger partial charge in [0.05, 0.1) is 11.6 Å². The number of pyridine rings is 1. The highest BCUT2D eigenvalue weighted by atomic mass is 14.6. The molecule has 0 spiro atoms. The molecular weight excluding hydrogens is 150 g/mol. The first-order valence-electron chi connectivity index (χ1n) is 3.13. The zero-order valence-corrected chi connectivity index (χ0v) is 6.07. The van der Waals surface area contributed by atoms with Gasteiger partial charge in [0.1, 0.15) is 5.69 Å². The third-order valence-corrected chi connectivity index (χ3v) is 1.14. The van der Waals surface area contributed by atoms with Crippen molar-refractivity contribution in [1.29, 1.82) is 10.5 Å². The summed E-state index contributed by atoms with van der Waals surface area (Å²) in [5.74, 6) is 4.70. The fraction of sp³-hybridized carbons (Fsp3) is 0. The minimum absolute atomic E-state index is 0.440. The first kappa shape index (κ1) is 7.79. The van der Waals surface area contributed by atoms with Crippen molar-refractivity contribution in [3.8, 4) is 24.0 Å². The van der Waals surface area contributed by atoms with Crippen LogP contribution in [0.2, 0.25) is 0 Å². The lowest BCUT2D eigenvalue weighted by Gasteiger charge is -1.87. The van der Waals surface area contributed by atoms with Crippen molar-refractivity contribution in [2.24, 2.45) is 0 Å². The lowest BCUT2D eigenvalue weighted by molar-refractivity contribution is 1.27. The van der Waals surface area contributed by atoms with Crippen LogP contribution in [0.5, 0.6) is 0 Å². The van der Waals surface area contributed by atoms with Crippen molar-refractivity contribution in [3.63, 3.8) is 0 Å². The Kier molecular flexibility index (Phi) is 2.44. The molecule has 54 valence electrons. The maximum Gasteiger partial charge on any atom is 0.152 e. The second-order valence-corrected chi connectivity index (χ2v) is 1.90. The molecule has 0 bridgehead atoms. The van der Waals surface area contributed by atoms with Gasteiger partial charge in [-0.05, 0) is 18.1 Å². The molecule has 0 N–H and O–H groups in total. The van der Waals surface area contributed by atoms with Crippen molar-refractivity contribution in [1.82, 2.24) is 4.98 Å². The van der Waals surface area contributed by atoms with E-state index in [9.17, 15) is 0 Å². The van der Waals surface area contributed by atoms with Gasteiger partial charge >= 0.3 is 0 Å². The molecular formula is C9H3N3. The van der Waals surface area contributed by atoms with E-state index in [1.165, 1.54) is 12.3 Å². The molecule has 3 nitrogen and oxygen atoms in total. The van der Waals surface area contributed by atoms with Gasteiger partial charge in [-0.15, -0.1) is 0 Å². The molecule has 0 unspecified atom stereocenters. The predicted octanol–water partition coefficient (Wildman–Crippen LogP) is 0.828. The summed E-state index contributed by atoms with van der Waals surface area (Å²) in [5.41, 5.74) is 0.933. The molecule has 1 heterocycles. The van der Waals surface area contributed by atoms with Crippen LogP contribution in [0.15, 0.2) is 18.3 Å². The Balaban J connectivity index is 3.06. The van der Waals surface area contributed by atoms with Crippen LogP contribution in [-0.4, -0.2) is 4.98 Å². The van der Waals surface area contributed by atoms with E-state index < -0.39 is 0 Å². The molecule has 0 fully saturated rings. The summed E-state index contributed by atoms with van der Waals surface area (Å²) in [5, 5.41) is 16.6. The van der Waals surface area contributed by atoms with Gasteiger partial charge in [0.2, 0.25) is 0 Å². The minimum Gasteiger partial charge on any atom is -0.248 e. The monoisotopic (exact) mass is 153 g/mol. The number of hydrogen-bond acceptors (Lipinski definition) is 3. The average molecular weight is 153 g/mol. The lowest BCUT2D eigenvalue weighted by atomic mass is 10.2. The van der Waals surface area contributed by atoms with Crippen LogP contribution >= 0.6 is 0 Å². The third-order valence-electron chi connectivity index (χ3n) is 1.14. The Morgan fingerprint density at radius 2 is 2.17 bits per heavy atom. The number of hydrogen-bond donors (Lipinski definition) is 0.